The van der Waals surface area contributed by atoms with Crippen molar-refractivity contribution in [2.75, 3.05) is 6.54 Å². The van der Waals surface area contributed by atoms with E-state index < -0.39 is 0 Å². The number of amides is 2. The van der Waals surface area contributed by atoms with Crippen LogP contribution < -0.4 is 10.6 Å². The van der Waals surface area contributed by atoms with Gasteiger partial charge < -0.3 is 10.6 Å². The van der Waals surface area contributed by atoms with Crippen LogP contribution in [-0.2, 0) is 22.6 Å². The first kappa shape index (κ1) is 17.0. The molecular weight excluding hydrogens is 312 g/mol. The Hall–Kier alpha value is -2.33. The van der Waals surface area contributed by atoms with Crippen molar-refractivity contribution >= 4 is 23.4 Å². The van der Waals surface area contributed by atoms with Gasteiger partial charge in [0.15, 0.2) is 0 Å². The highest BCUT2D eigenvalue weighted by molar-refractivity contribution is 6.30. The lowest BCUT2D eigenvalue weighted by Crippen LogP contribution is -2.37. The minimum absolute atomic E-state index is 0.0295. The van der Waals surface area contributed by atoms with E-state index in [1.54, 1.807) is 24.3 Å². The summed E-state index contributed by atoms with van der Waals surface area (Å²) in [7, 11) is 0. The van der Waals surface area contributed by atoms with Gasteiger partial charge in [0.2, 0.25) is 11.8 Å². The summed E-state index contributed by atoms with van der Waals surface area (Å²) in [5.74, 6) is -0.408. The summed E-state index contributed by atoms with van der Waals surface area (Å²) in [5, 5.41) is 6.02. The predicted octanol–water partition coefficient (Wildman–Crippen LogP) is 2.62. The van der Waals surface area contributed by atoms with Gasteiger partial charge in [-0.05, 0) is 30.2 Å². The number of aryl methyl sites for hydroxylation is 1. The summed E-state index contributed by atoms with van der Waals surface area (Å²) in [6, 6.07) is 15.0. The first-order valence-corrected chi connectivity index (χ1v) is 7.74. The third-order valence-corrected chi connectivity index (χ3v) is 3.55. The Morgan fingerprint density at radius 1 is 0.957 bits per heavy atom. The minimum Gasteiger partial charge on any atom is -0.350 e. The van der Waals surface area contributed by atoms with Crippen molar-refractivity contribution in [1.82, 2.24) is 10.6 Å². The van der Waals surface area contributed by atoms with Crippen molar-refractivity contribution in [3.05, 3.63) is 70.2 Å². The van der Waals surface area contributed by atoms with E-state index in [9.17, 15) is 9.59 Å². The Kier molecular flexibility index (Phi) is 6.18. The molecule has 0 aliphatic rings. The fraction of sp³-hybridized carbons (Fsp3) is 0.222. The van der Waals surface area contributed by atoms with E-state index in [1.165, 1.54) is 0 Å². The van der Waals surface area contributed by atoms with Crippen LogP contribution in [0.5, 0.6) is 0 Å². The lowest BCUT2D eigenvalue weighted by atomic mass is 10.1. The van der Waals surface area contributed by atoms with Crippen molar-refractivity contribution in [1.29, 1.82) is 0 Å². The third kappa shape index (κ3) is 6.12. The second kappa shape index (κ2) is 8.34. The molecule has 120 valence electrons. The Balaban J connectivity index is 1.71. The van der Waals surface area contributed by atoms with Crippen LogP contribution in [0.3, 0.4) is 0 Å². The second-order valence-electron chi connectivity index (χ2n) is 5.35. The smallest absolute Gasteiger partial charge is 0.239 e. The Morgan fingerprint density at radius 3 is 2.39 bits per heavy atom. The normalized spacial score (nSPS) is 10.2. The molecule has 0 saturated carbocycles. The van der Waals surface area contributed by atoms with Crippen LogP contribution >= 0.6 is 11.6 Å². The number of hydrogen-bond acceptors (Lipinski definition) is 2. The van der Waals surface area contributed by atoms with E-state index in [1.807, 2.05) is 31.2 Å². The van der Waals surface area contributed by atoms with Gasteiger partial charge in [0.1, 0.15) is 0 Å². The molecule has 5 heteroatoms. The molecule has 0 aliphatic carbocycles. The molecule has 0 saturated heterocycles. The van der Waals surface area contributed by atoms with E-state index in [-0.39, 0.29) is 24.8 Å². The van der Waals surface area contributed by atoms with Gasteiger partial charge in [-0.3, -0.25) is 9.59 Å². The summed E-state index contributed by atoms with van der Waals surface area (Å²) in [4.78, 5) is 23.6. The fourth-order valence-electron chi connectivity index (χ4n) is 2.11. The summed E-state index contributed by atoms with van der Waals surface area (Å²) in [6.07, 6.45) is 0.225. The summed E-state index contributed by atoms with van der Waals surface area (Å²) in [6.45, 7) is 2.42. The average Bonchev–Trinajstić information content (AvgIpc) is 2.53. The molecule has 0 atom stereocenters. The molecule has 4 nitrogen and oxygen atoms in total. The van der Waals surface area contributed by atoms with Crippen LogP contribution in [0.1, 0.15) is 16.7 Å². The van der Waals surface area contributed by atoms with Crippen LogP contribution in [0.4, 0.5) is 0 Å². The Bertz CT molecular complexity index is 684. The zero-order valence-corrected chi connectivity index (χ0v) is 13.7. The second-order valence-corrected chi connectivity index (χ2v) is 5.78. The van der Waals surface area contributed by atoms with Crippen molar-refractivity contribution in [3.63, 3.8) is 0 Å². The summed E-state index contributed by atoms with van der Waals surface area (Å²) < 4.78 is 0. The maximum absolute atomic E-state index is 11.8. The minimum atomic E-state index is -0.212. The average molecular weight is 331 g/mol. The van der Waals surface area contributed by atoms with Crippen molar-refractivity contribution in [2.24, 2.45) is 0 Å². The summed E-state index contributed by atoms with van der Waals surface area (Å²) >= 11 is 5.79. The number of carbonyl (C=O) groups is 2. The molecule has 0 aromatic heterocycles. The fourth-order valence-corrected chi connectivity index (χ4v) is 2.24. The lowest BCUT2D eigenvalue weighted by molar-refractivity contribution is -0.125. The topological polar surface area (TPSA) is 58.2 Å². The van der Waals surface area contributed by atoms with Crippen molar-refractivity contribution in [2.45, 2.75) is 19.9 Å². The number of benzene rings is 2. The van der Waals surface area contributed by atoms with E-state index in [0.717, 1.165) is 16.7 Å². The maximum atomic E-state index is 11.8. The molecule has 2 amide bonds. The van der Waals surface area contributed by atoms with Crippen molar-refractivity contribution in [3.8, 4) is 0 Å². The zero-order valence-electron chi connectivity index (χ0n) is 12.9. The lowest BCUT2D eigenvalue weighted by Gasteiger charge is -2.08. The van der Waals surface area contributed by atoms with Crippen LogP contribution in [0.25, 0.3) is 0 Å². The van der Waals surface area contributed by atoms with Gasteiger partial charge in [-0.1, -0.05) is 53.6 Å². The number of carbonyl (C=O) groups excluding carboxylic acids is 2. The molecule has 0 heterocycles. The summed E-state index contributed by atoms with van der Waals surface area (Å²) in [5.41, 5.74) is 3.03. The van der Waals surface area contributed by atoms with Gasteiger partial charge in [-0.25, -0.2) is 0 Å². The molecular formula is C18H19ClN2O2. The first-order valence-electron chi connectivity index (χ1n) is 7.36. The predicted molar refractivity (Wildman–Crippen MR) is 91.2 cm³/mol. The number of rotatable bonds is 6. The number of hydrogen-bond donors (Lipinski definition) is 2. The largest absolute Gasteiger partial charge is 0.350 e. The van der Waals surface area contributed by atoms with E-state index >= 15 is 0 Å². The highest BCUT2D eigenvalue weighted by Gasteiger charge is 2.06. The molecule has 0 aliphatic heterocycles. The monoisotopic (exact) mass is 330 g/mol. The zero-order chi connectivity index (χ0) is 16.7. The molecule has 0 unspecified atom stereocenters. The van der Waals surface area contributed by atoms with Crippen LogP contribution in [0.15, 0.2) is 48.5 Å². The van der Waals surface area contributed by atoms with Crippen LogP contribution in [-0.4, -0.2) is 18.4 Å². The molecule has 2 aromatic carbocycles. The third-order valence-electron chi connectivity index (χ3n) is 3.30. The molecule has 2 N–H and O–H groups in total. The number of nitrogens with one attached hydrogen (secondary N) is 2. The van der Waals surface area contributed by atoms with Gasteiger partial charge in [0.05, 0.1) is 13.0 Å². The maximum Gasteiger partial charge on any atom is 0.239 e. The van der Waals surface area contributed by atoms with Gasteiger partial charge in [0.25, 0.3) is 0 Å². The van der Waals surface area contributed by atoms with Crippen molar-refractivity contribution < 1.29 is 9.59 Å². The highest BCUT2D eigenvalue weighted by atomic mass is 35.5. The van der Waals surface area contributed by atoms with Gasteiger partial charge in [-0.15, -0.1) is 0 Å². The number of halogens is 1. The Labute approximate surface area is 140 Å². The molecule has 0 spiro atoms. The van der Waals surface area contributed by atoms with E-state index in [4.69, 9.17) is 11.6 Å². The van der Waals surface area contributed by atoms with Gasteiger partial charge in [-0.2, -0.15) is 0 Å². The quantitative estimate of drug-likeness (QED) is 0.855. The van der Waals surface area contributed by atoms with E-state index in [0.29, 0.717) is 11.6 Å². The molecule has 23 heavy (non-hydrogen) atoms. The van der Waals surface area contributed by atoms with Gasteiger partial charge >= 0.3 is 0 Å². The molecule has 0 radical (unpaired) electrons. The van der Waals surface area contributed by atoms with Crippen LogP contribution in [0, 0.1) is 6.92 Å². The van der Waals surface area contributed by atoms with E-state index in [2.05, 4.69) is 10.6 Å². The van der Waals surface area contributed by atoms with Gasteiger partial charge in [0, 0.05) is 11.6 Å². The first-order chi connectivity index (χ1) is 11.0. The van der Waals surface area contributed by atoms with Crippen LogP contribution in [0.2, 0.25) is 5.02 Å². The molecule has 2 rings (SSSR count). The molecule has 2 aromatic rings. The highest BCUT2D eigenvalue weighted by Crippen LogP contribution is 2.09. The molecule has 0 fully saturated rings. The molecule has 0 bridgehead atoms. The Morgan fingerprint density at radius 2 is 1.70 bits per heavy atom. The SMILES string of the molecule is Cc1cccc(CNC(=O)CNC(=O)Cc2ccc(Cl)cc2)c1. The standard InChI is InChI=1S/C18H19ClN2O2/c1-13-3-2-4-15(9-13)11-20-18(23)12-21-17(22)10-14-5-7-16(19)8-6-14/h2-9H,10-12H2,1H3,(H,20,23)(H,21,22).